The number of aryl methyl sites for hydroxylation is 1. The second-order valence-corrected chi connectivity index (χ2v) is 7.70. The summed E-state index contributed by atoms with van der Waals surface area (Å²) in [5.41, 5.74) is 3.10. The average Bonchev–Trinajstić information content (AvgIpc) is 3.10. The zero-order chi connectivity index (χ0) is 18.4. The Morgan fingerprint density at radius 1 is 1.11 bits per heavy atom. The number of para-hydroxylation sites is 2. The van der Waals surface area contributed by atoms with E-state index in [4.69, 9.17) is 0 Å². The number of amides is 1. The number of H-pyrrole nitrogens is 1. The summed E-state index contributed by atoms with van der Waals surface area (Å²) in [4.78, 5) is 34.8. The molecule has 1 fully saturated rings. The van der Waals surface area contributed by atoms with Gasteiger partial charge in [0.1, 0.15) is 5.82 Å². The third-order valence-corrected chi connectivity index (χ3v) is 5.85. The number of rotatable bonds is 3. The third kappa shape index (κ3) is 2.95. The number of carbonyl (C=O) groups excluding carboxylic acids is 1. The number of hydrogen-bond acceptors (Lipinski definition) is 3. The van der Waals surface area contributed by atoms with Crippen molar-refractivity contribution in [3.63, 3.8) is 0 Å². The molecule has 2 aliphatic rings. The molecule has 1 aromatic carbocycles. The van der Waals surface area contributed by atoms with Gasteiger partial charge < -0.3 is 14.5 Å². The van der Waals surface area contributed by atoms with Gasteiger partial charge in [-0.15, -0.1) is 0 Å². The molecule has 1 amide bonds. The summed E-state index contributed by atoms with van der Waals surface area (Å²) < 4.78 is 1.90. The van der Waals surface area contributed by atoms with E-state index < -0.39 is 0 Å². The minimum Gasteiger partial charge on any atom is -0.342 e. The summed E-state index contributed by atoms with van der Waals surface area (Å²) in [7, 11) is 0. The summed E-state index contributed by atoms with van der Waals surface area (Å²) in [6, 6.07) is 13.4. The van der Waals surface area contributed by atoms with Crippen LogP contribution in [0.5, 0.6) is 0 Å². The number of aromatic nitrogens is 3. The number of nitrogens with zero attached hydrogens (tertiary/aromatic N) is 3. The largest absolute Gasteiger partial charge is 0.342 e. The predicted octanol–water partition coefficient (Wildman–Crippen LogP) is 2.30. The van der Waals surface area contributed by atoms with Crippen molar-refractivity contribution < 1.29 is 4.79 Å². The number of nitrogens with one attached hydrogen (secondary N) is 1. The van der Waals surface area contributed by atoms with E-state index in [1.807, 2.05) is 45.9 Å². The summed E-state index contributed by atoms with van der Waals surface area (Å²) >= 11 is 0. The molecule has 3 aromatic rings. The second-order valence-electron chi connectivity index (χ2n) is 7.70. The Hall–Kier alpha value is -2.89. The Labute approximate surface area is 156 Å². The molecule has 138 valence electrons. The van der Waals surface area contributed by atoms with Gasteiger partial charge in [0.05, 0.1) is 11.0 Å². The topological polar surface area (TPSA) is 71.0 Å². The molecule has 2 aliphatic heterocycles. The number of benzene rings is 1. The van der Waals surface area contributed by atoms with Crippen molar-refractivity contribution in [2.75, 3.05) is 13.1 Å². The number of piperidine rings is 1. The van der Waals surface area contributed by atoms with Crippen LogP contribution in [0.2, 0.25) is 0 Å². The van der Waals surface area contributed by atoms with Crippen molar-refractivity contribution >= 4 is 16.9 Å². The zero-order valence-electron chi connectivity index (χ0n) is 15.1. The van der Waals surface area contributed by atoms with Gasteiger partial charge >= 0.3 is 0 Å². The molecule has 27 heavy (non-hydrogen) atoms. The number of likely N-dealkylation sites (tertiary alicyclic amines) is 1. The van der Waals surface area contributed by atoms with Crippen molar-refractivity contribution in [3.05, 3.63) is 64.3 Å². The molecule has 0 spiro atoms. The average molecular weight is 362 g/mol. The summed E-state index contributed by atoms with van der Waals surface area (Å²) in [5, 5.41) is 0. The maximum atomic E-state index is 12.8. The van der Waals surface area contributed by atoms with Crippen LogP contribution < -0.4 is 5.56 Å². The van der Waals surface area contributed by atoms with Crippen LogP contribution in [0.15, 0.2) is 47.3 Å². The highest BCUT2D eigenvalue weighted by Gasteiger charge is 2.35. The lowest BCUT2D eigenvalue weighted by atomic mass is 9.83. The van der Waals surface area contributed by atoms with Gasteiger partial charge in [-0.2, -0.15) is 0 Å². The van der Waals surface area contributed by atoms with Crippen molar-refractivity contribution in [2.45, 2.75) is 31.7 Å². The van der Waals surface area contributed by atoms with E-state index >= 15 is 0 Å². The van der Waals surface area contributed by atoms with Crippen LogP contribution in [0, 0.1) is 5.92 Å². The smallest absolute Gasteiger partial charge is 0.250 e. The van der Waals surface area contributed by atoms with Crippen molar-refractivity contribution in [1.82, 2.24) is 19.4 Å². The molecule has 0 aliphatic carbocycles. The molecule has 0 unspecified atom stereocenters. The highest BCUT2D eigenvalue weighted by atomic mass is 16.2. The second kappa shape index (κ2) is 6.37. The molecule has 2 atom stereocenters. The quantitative estimate of drug-likeness (QED) is 0.777. The van der Waals surface area contributed by atoms with Crippen molar-refractivity contribution in [1.29, 1.82) is 0 Å². The third-order valence-electron chi connectivity index (χ3n) is 5.85. The van der Waals surface area contributed by atoms with E-state index in [2.05, 4.69) is 9.97 Å². The fourth-order valence-corrected chi connectivity index (χ4v) is 4.61. The Balaban J connectivity index is 1.28. The zero-order valence-corrected chi connectivity index (χ0v) is 15.1. The number of aromatic amines is 1. The predicted molar refractivity (Wildman–Crippen MR) is 103 cm³/mol. The number of carbonyl (C=O) groups is 1. The molecule has 1 saturated heterocycles. The number of pyridine rings is 1. The molecule has 2 bridgehead atoms. The van der Waals surface area contributed by atoms with Gasteiger partial charge in [0.25, 0.3) is 5.56 Å². The van der Waals surface area contributed by atoms with E-state index in [1.165, 1.54) is 0 Å². The lowest BCUT2D eigenvalue weighted by Gasteiger charge is -2.42. The van der Waals surface area contributed by atoms with Gasteiger partial charge in [-0.3, -0.25) is 9.59 Å². The monoisotopic (exact) mass is 362 g/mol. The lowest BCUT2D eigenvalue weighted by molar-refractivity contribution is -0.133. The highest BCUT2D eigenvalue weighted by molar-refractivity contribution is 5.77. The summed E-state index contributed by atoms with van der Waals surface area (Å²) in [5.74, 6) is 1.67. The fourth-order valence-electron chi connectivity index (χ4n) is 4.61. The number of hydrogen-bond donors (Lipinski definition) is 1. The molecule has 0 radical (unpaired) electrons. The first-order chi connectivity index (χ1) is 13.2. The molecule has 1 N–H and O–H groups in total. The maximum absolute atomic E-state index is 12.8. The van der Waals surface area contributed by atoms with E-state index in [9.17, 15) is 9.59 Å². The van der Waals surface area contributed by atoms with Crippen LogP contribution in [-0.4, -0.2) is 38.4 Å². The van der Waals surface area contributed by atoms with E-state index in [0.717, 1.165) is 42.1 Å². The Kier molecular flexibility index (Phi) is 3.85. The molecular formula is C21H22N4O2. The van der Waals surface area contributed by atoms with Gasteiger partial charge in [-0.05, 0) is 30.5 Å². The minimum atomic E-state index is 0.0758. The number of imidazole rings is 1. The number of fused-ring (bicyclic) bond motifs is 5. The van der Waals surface area contributed by atoms with Crippen LogP contribution in [0.25, 0.3) is 11.0 Å². The first-order valence-electron chi connectivity index (χ1n) is 9.58. The fraction of sp³-hybridized carbons (Fsp3) is 0.381. The molecule has 5 rings (SSSR count). The SMILES string of the molecule is O=C(CCc1nc2ccccc2[nH]1)N1C[C@H]2C[C@@H](C1)c1cccc(=O)n1C2. The normalized spacial score (nSPS) is 21.3. The van der Waals surface area contributed by atoms with Crippen LogP contribution >= 0.6 is 0 Å². The Bertz CT molecular complexity index is 1030. The van der Waals surface area contributed by atoms with E-state index in [0.29, 0.717) is 25.3 Å². The lowest BCUT2D eigenvalue weighted by Crippen LogP contribution is -2.49. The van der Waals surface area contributed by atoms with Gasteiger partial charge in [0.15, 0.2) is 0 Å². The van der Waals surface area contributed by atoms with E-state index in [1.54, 1.807) is 6.07 Å². The molecule has 2 aromatic heterocycles. The van der Waals surface area contributed by atoms with Crippen LogP contribution in [0.1, 0.15) is 30.3 Å². The molecular weight excluding hydrogens is 340 g/mol. The van der Waals surface area contributed by atoms with Crippen molar-refractivity contribution in [2.24, 2.45) is 5.92 Å². The first kappa shape index (κ1) is 16.3. The highest BCUT2D eigenvalue weighted by Crippen LogP contribution is 2.35. The molecule has 4 heterocycles. The van der Waals surface area contributed by atoms with Gasteiger partial charge in [-0.1, -0.05) is 18.2 Å². The first-order valence-corrected chi connectivity index (χ1v) is 9.58. The summed E-state index contributed by atoms with van der Waals surface area (Å²) in [6.07, 6.45) is 2.15. The molecule has 6 heteroatoms. The van der Waals surface area contributed by atoms with E-state index in [-0.39, 0.29) is 17.4 Å². The van der Waals surface area contributed by atoms with Crippen molar-refractivity contribution in [3.8, 4) is 0 Å². The minimum absolute atomic E-state index is 0.0758. The van der Waals surface area contributed by atoms with Gasteiger partial charge in [0, 0.05) is 50.2 Å². The van der Waals surface area contributed by atoms with Crippen LogP contribution in [-0.2, 0) is 17.8 Å². The van der Waals surface area contributed by atoms with Crippen LogP contribution in [0.3, 0.4) is 0 Å². The maximum Gasteiger partial charge on any atom is 0.250 e. The van der Waals surface area contributed by atoms with Crippen LogP contribution in [0.4, 0.5) is 0 Å². The van der Waals surface area contributed by atoms with Gasteiger partial charge in [-0.25, -0.2) is 4.98 Å². The standard InChI is InChI=1S/C21H22N4O2/c26-20(9-8-19-22-16-4-1-2-5-17(16)23-19)24-11-14-10-15(13-24)18-6-3-7-21(27)25(18)12-14/h1-7,14-15H,8-13H2,(H,22,23)/t14-,15+/m1/s1. The Morgan fingerprint density at radius 3 is 2.89 bits per heavy atom. The Morgan fingerprint density at radius 2 is 2.00 bits per heavy atom. The molecule has 6 nitrogen and oxygen atoms in total. The molecule has 0 saturated carbocycles. The van der Waals surface area contributed by atoms with Gasteiger partial charge in [0.2, 0.25) is 5.91 Å². The summed E-state index contributed by atoms with van der Waals surface area (Å²) in [6.45, 7) is 2.17.